The number of anilines is 2. The zero-order valence-electron chi connectivity index (χ0n) is 21.3. The predicted molar refractivity (Wildman–Crippen MR) is 151 cm³/mol. The van der Waals surface area contributed by atoms with Crippen molar-refractivity contribution in [1.82, 2.24) is 9.88 Å². The molecule has 9 heteroatoms. The Bertz CT molecular complexity index is 1320. The number of nitrogens with one attached hydrogen (secondary N) is 1. The lowest BCUT2D eigenvalue weighted by atomic mass is 9.89. The lowest BCUT2D eigenvalue weighted by molar-refractivity contribution is 0.0712. The Labute approximate surface area is 232 Å². The summed E-state index contributed by atoms with van der Waals surface area (Å²) in [4.78, 5) is 34.7. The number of ether oxygens (including phenoxy) is 1. The molecule has 0 saturated carbocycles. The molecular formula is C29H30Cl2N4O3. The van der Waals surface area contributed by atoms with Crippen molar-refractivity contribution in [2.24, 2.45) is 0 Å². The highest BCUT2D eigenvalue weighted by Crippen LogP contribution is 2.33. The van der Waals surface area contributed by atoms with Crippen molar-refractivity contribution in [1.29, 1.82) is 0 Å². The molecule has 0 unspecified atom stereocenters. The van der Waals surface area contributed by atoms with E-state index < -0.39 is 0 Å². The van der Waals surface area contributed by atoms with Gasteiger partial charge in [-0.2, -0.15) is 0 Å². The maximum Gasteiger partial charge on any atom is 0.257 e. The van der Waals surface area contributed by atoms with E-state index in [0.717, 1.165) is 42.9 Å². The van der Waals surface area contributed by atoms with Crippen molar-refractivity contribution in [2.45, 2.75) is 25.7 Å². The summed E-state index contributed by atoms with van der Waals surface area (Å²) in [6.45, 7) is 6.13. The summed E-state index contributed by atoms with van der Waals surface area (Å²) in [7, 11) is 0. The van der Waals surface area contributed by atoms with Gasteiger partial charge in [0.25, 0.3) is 11.8 Å². The predicted octanol–water partition coefficient (Wildman–Crippen LogP) is 5.81. The number of aryl methyl sites for hydroxylation is 1. The number of pyridine rings is 1. The van der Waals surface area contributed by atoms with Crippen molar-refractivity contribution in [3.63, 3.8) is 0 Å². The summed E-state index contributed by atoms with van der Waals surface area (Å²) in [6, 6.07) is 14.8. The Morgan fingerprint density at radius 1 is 0.921 bits per heavy atom. The third-order valence-corrected chi connectivity index (χ3v) is 8.01. The van der Waals surface area contributed by atoms with Crippen LogP contribution in [0.3, 0.4) is 0 Å². The third-order valence-electron chi connectivity index (χ3n) is 7.28. The highest BCUT2D eigenvalue weighted by Gasteiger charge is 2.25. The molecule has 0 radical (unpaired) electrons. The van der Waals surface area contributed by atoms with Gasteiger partial charge in [0.15, 0.2) is 0 Å². The molecule has 0 bridgehead atoms. The van der Waals surface area contributed by atoms with Crippen LogP contribution in [0, 0.1) is 6.92 Å². The smallest absolute Gasteiger partial charge is 0.257 e. The standard InChI is InChI=1S/C29H30Cl2N4O3/c1-19-2-3-22(29(37)35-10-8-20(9-11-35)21-4-6-24(30)25(31)16-21)17-26(19)33-28(36)23-5-7-27(32-18-23)34-12-14-38-15-13-34/h2-7,16-18,20H,8-15H2,1H3,(H,33,36). The van der Waals surface area contributed by atoms with Gasteiger partial charge in [-0.15, -0.1) is 0 Å². The normalized spacial score (nSPS) is 16.4. The number of hydrogen-bond donors (Lipinski definition) is 1. The van der Waals surface area contributed by atoms with E-state index in [9.17, 15) is 9.59 Å². The molecule has 5 rings (SSSR count). The minimum Gasteiger partial charge on any atom is -0.378 e. The molecule has 2 saturated heterocycles. The maximum atomic E-state index is 13.3. The first-order chi connectivity index (χ1) is 18.4. The molecule has 1 N–H and O–H groups in total. The van der Waals surface area contributed by atoms with Gasteiger partial charge in [-0.3, -0.25) is 9.59 Å². The highest BCUT2D eigenvalue weighted by atomic mass is 35.5. The third kappa shape index (κ3) is 5.96. The number of aromatic nitrogens is 1. The molecule has 2 amide bonds. The van der Waals surface area contributed by atoms with Crippen molar-refractivity contribution in [2.75, 3.05) is 49.6 Å². The molecule has 3 heterocycles. The van der Waals surface area contributed by atoms with Gasteiger partial charge < -0.3 is 19.9 Å². The summed E-state index contributed by atoms with van der Waals surface area (Å²) in [5, 5.41) is 4.06. The number of morpholine rings is 1. The number of rotatable bonds is 5. The maximum absolute atomic E-state index is 13.3. The Kier molecular flexibility index (Phi) is 8.17. The topological polar surface area (TPSA) is 74.8 Å². The monoisotopic (exact) mass is 552 g/mol. The van der Waals surface area contributed by atoms with E-state index in [1.54, 1.807) is 18.3 Å². The van der Waals surface area contributed by atoms with Gasteiger partial charge >= 0.3 is 0 Å². The van der Waals surface area contributed by atoms with Crippen LogP contribution in [0.2, 0.25) is 10.0 Å². The van der Waals surface area contributed by atoms with E-state index in [4.69, 9.17) is 27.9 Å². The van der Waals surface area contributed by atoms with Crippen LogP contribution in [0.4, 0.5) is 11.5 Å². The van der Waals surface area contributed by atoms with Gasteiger partial charge in [-0.25, -0.2) is 4.98 Å². The van der Waals surface area contributed by atoms with E-state index >= 15 is 0 Å². The zero-order valence-corrected chi connectivity index (χ0v) is 22.8. The van der Waals surface area contributed by atoms with Crippen LogP contribution < -0.4 is 10.2 Å². The first-order valence-corrected chi connectivity index (χ1v) is 13.6. The van der Waals surface area contributed by atoms with Gasteiger partial charge in [-0.05, 0) is 73.2 Å². The quantitative estimate of drug-likeness (QED) is 0.432. The molecule has 198 valence electrons. The first-order valence-electron chi connectivity index (χ1n) is 12.8. The second kappa shape index (κ2) is 11.7. The fourth-order valence-corrected chi connectivity index (χ4v) is 5.26. The van der Waals surface area contributed by atoms with Crippen LogP contribution in [-0.4, -0.2) is 61.1 Å². The van der Waals surface area contributed by atoms with Crippen LogP contribution in [0.5, 0.6) is 0 Å². The lowest BCUT2D eigenvalue weighted by Gasteiger charge is -2.32. The number of carbonyl (C=O) groups is 2. The molecular weight excluding hydrogens is 523 g/mol. The SMILES string of the molecule is Cc1ccc(C(=O)N2CCC(c3ccc(Cl)c(Cl)c3)CC2)cc1NC(=O)c1ccc(N2CCOCC2)nc1. The molecule has 1 aromatic heterocycles. The summed E-state index contributed by atoms with van der Waals surface area (Å²) >= 11 is 12.3. The van der Waals surface area contributed by atoms with Crippen molar-refractivity contribution in [3.8, 4) is 0 Å². The molecule has 0 atom stereocenters. The van der Waals surface area contributed by atoms with E-state index in [1.165, 1.54) is 0 Å². The van der Waals surface area contributed by atoms with E-state index in [-0.39, 0.29) is 11.8 Å². The number of likely N-dealkylation sites (tertiary alicyclic amines) is 1. The van der Waals surface area contributed by atoms with E-state index in [2.05, 4.69) is 15.2 Å². The molecule has 0 spiro atoms. The Morgan fingerprint density at radius 3 is 2.34 bits per heavy atom. The van der Waals surface area contributed by atoms with Crippen molar-refractivity contribution >= 4 is 46.5 Å². The van der Waals surface area contributed by atoms with Crippen LogP contribution in [0.25, 0.3) is 0 Å². The molecule has 2 aliphatic heterocycles. The summed E-state index contributed by atoms with van der Waals surface area (Å²) in [5.41, 5.74) is 3.66. The summed E-state index contributed by atoms with van der Waals surface area (Å²) < 4.78 is 5.39. The summed E-state index contributed by atoms with van der Waals surface area (Å²) in [6.07, 6.45) is 3.29. The molecule has 2 aliphatic rings. The number of carbonyl (C=O) groups excluding carboxylic acids is 2. The van der Waals surface area contributed by atoms with Gasteiger partial charge in [-0.1, -0.05) is 35.3 Å². The number of piperidine rings is 1. The number of nitrogens with zero attached hydrogens (tertiary/aromatic N) is 3. The lowest BCUT2D eigenvalue weighted by Crippen LogP contribution is -2.38. The van der Waals surface area contributed by atoms with E-state index in [1.807, 2.05) is 48.2 Å². The number of halogens is 2. The van der Waals surface area contributed by atoms with Crippen LogP contribution >= 0.6 is 23.2 Å². The minimum absolute atomic E-state index is 0.0374. The second-order valence-corrected chi connectivity index (χ2v) is 10.5. The van der Waals surface area contributed by atoms with Crippen LogP contribution in [0.15, 0.2) is 54.7 Å². The molecule has 38 heavy (non-hydrogen) atoms. The second-order valence-electron chi connectivity index (χ2n) is 9.73. The average molecular weight is 553 g/mol. The summed E-state index contributed by atoms with van der Waals surface area (Å²) in [5.74, 6) is 0.868. The minimum atomic E-state index is -0.263. The Balaban J connectivity index is 1.22. The molecule has 0 aliphatic carbocycles. The van der Waals surface area contributed by atoms with Crippen LogP contribution in [0.1, 0.15) is 50.6 Å². The van der Waals surface area contributed by atoms with Gasteiger partial charge in [0.05, 0.1) is 28.8 Å². The number of hydrogen-bond acceptors (Lipinski definition) is 5. The highest BCUT2D eigenvalue weighted by molar-refractivity contribution is 6.42. The Morgan fingerprint density at radius 2 is 1.66 bits per heavy atom. The van der Waals surface area contributed by atoms with E-state index in [0.29, 0.717) is 59.1 Å². The largest absolute Gasteiger partial charge is 0.378 e. The molecule has 2 aromatic carbocycles. The fraction of sp³-hybridized carbons (Fsp3) is 0.345. The fourth-order valence-electron chi connectivity index (χ4n) is 4.95. The molecule has 3 aromatic rings. The number of amides is 2. The van der Waals surface area contributed by atoms with Gasteiger partial charge in [0, 0.05) is 43.6 Å². The zero-order chi connectivity index (χ0) is 26.6. The van der Waals surface area contributed by atoms with Crippen LogP contribution in [-0.2, 0) is 4.74 Å². The van der Waals surface area contributed by atoms with Crippen molar-refractivity contribution in [3.05, 3.63) is 87.0 Å². The molecule has 2 fully saturated rings. The van der Waals surface area contributed by atoms with Crippen molar-refractivity contribution < 1.29 is 14.3 Å². The Hall–Kier alpha value is -3.13. The average Bonchev–Trinajstić information content (AvgIpc) is 2.96. The number of benzene rings is 2. The molecule has 7 nitrogen and oxygen atoms in total. The van der Waals surface area contributed by atoms with Gasteiger partial charge in [0.1, 0.15) is 5.82 Å². The van der Waals surface area contributed by atoms with Gasteiger partial charge in [0.2, 0.25) is 0 Å². The first kappa shape index (κ1) is 26.5.